The molecule has 1 saturated carbocycles. The van der Waals surface area contributed by atoms with E-state index in [0.29, 0.717) is 19.6 Å². The lowest BCUT2D eigenvalue weighted by Crippen LogP contribution is -2.51. The molecule has 0 aromatic rings. The van der Waals surface area contributed by atoms with Gasteiger partial charge in [0.15, 0.2) is 0 Å². The molecule has 2 unspecified atom stereocenters. The number of nitrogens with zero attached hydrogens (tertiary/aromatic N) is 1. The van der Waals surface area contributed by atoms with Crippen molar-refractivity contribution in [1.82, 2.24) is 15.5 Å². The molecule has 10 heteroatoms. The van der Waals surface area contributed by atoms with Crippen LogP contribution >= 0.6 is 0 Å². The van der Waals surface area contributed by atoms with E-state index in [1.54, 1.807) is 0 Å². The molecule has 1 rings (SSSR count). The average molecular weight is 459 g/mol. The minimum absolute atomic E-state index is 0.00616. The first-order valence-electron chi connectivity index (χ1n) is 11.1. The number of alkyl carbamates (subject to hydrolysis) is 2. The van der Waals surface area contributed by atoms with Crippen LogP contribution in [0.25, 0.3) is 0 Å². The van der Waals surface area contributed by atoms with Crippen LogP contribution in [0.1, 0.15) is 60.8 Å². The lowest BCUT2D eigenvalue weighted by Gasteiger charge is -2.46. The lowest BCUT2D eigenvalue weighted by atomic mass is 9.62. The number of carbonyl (C=O) groups is 3. The van der Waals surface area contributed by atoms with Crippen molar-refractivity contribution < 1.29 is 28.6 Å². The van der Waals surface area contributed by atoms with E-state index in [1.807, 2.05) is 20.8 Å². The van der Waals surface area contributed by atoms with Gasteiger partial charge in [-0.2, -0.15) is 0 Å². The first kappa shape index (κ1) is 27.8. The Hall–Kier alpha value is -2.23. The van der Waals surface area contributed by atoms with Gasteiger partial charge in [-0.1, -0.05) is 20.8 Å². The molecular formula is C22H42N4O6. The van der Waals surface area contributed by atoms with Crippen LogP contribution in [0.3, 0.4) is 0 Å². The Labute approximate surface area is 191 Å². The minimum atomic E-state index is -0.807. The molecule has 1 fully saturated rings. The topological polar surface area (TPSA) is 132 Å². The Balaban J connectivity index is 2.57. The van der Waals surface area contributed by atoms with Crippen molar-refractivity contribution in [2.24, 2.45) is 16.6 Å². The second-order valence-electron chi connectivity index (χ2n) is 10.7. The molecule has 1 aliphatic rings. The number of ether oxygens (including phenoxy) is 3. The van der Waals surface area contributed by atoms with Crippen LogP contribution in [0.15, 0.2) is 0 Å². The summed E-state index contributed by atoms with van der Waals surface area (Å²) in [6, 6.07) is -0.0571. The molecule has 3 amide bonds. The van der Waals surface area contributed by atoms with Gasteiger partial charge < -0.3 is 30.6 Å². The van der Waals surface area contributed by atoms with Gasteiger partial charge in [0.25, 0.3) is 0 Å². The summed E-state index contributed by atoms with van der Waals surface area (Å²) in [5, 5.41) is 5.78. The van der Waals surface area contributed by atoms with E-state index >= 15 is 0 Å². The second-order valence-corrected chi connectivity index (χ2v) is 10.7. The highest BCUT2D eigenvalue weighted by atomic mass is 16.6. The second kappa shape index (κ2) is 11.6. The molecule has 0 bridgehead atoms. The lowest BCUT2D eigenvalue weighted by molar-refractivity contribution is 0.0526. The maximum atomic E-state index is 12.5. The van der Waals surface area contributed by atoms with Gasteiger partial charge in [-0.3, -0.25) is 4.90 Å². The number of hydrogen-bond acceptors (Lipinski definition) is 7. The van der Waals surface area contributed by atoms with Crippen molar-refractivity contribution in [2.45, 2.75) is 72.4 Å². The fraction of sp³-hybridized carbons (Fsp3) is 0.864. The first-order valence-corrected chi connectivity index (χ1v) is 11.1. The van der Waals surface area contributed by atoms with E-state index < -0.39 is 18.3 Å². The SMILES string of the molecule is COC(=O)NCC1(C)CC(NC(=O)OCCN(CCOC(N)=O)C(C)(C)C)CC(C)(C)C1. The highest BCUT2D eigenvalue weighted by Crippen LogP contribution is 2.45. The molecule has 0 aromatic carbocycles. The summed E-state index contributed by atoms with van der Waals surface area (Å²) < 4.78 is 14.9. The Morgan fingerprint density at radius 2 is 1.62 bits per heavy atom. The van der Waals surface area contributed by atoms with Crippen molar-refractivity contribution in [3.8, 4) is 0 Å². The van der Waals surface area contributed by atoms with Crippen molar-refractivity contribution in [3.05, 3.63) is 0 Å². The predicted octanol–water partition coefficient (Wildman–Crippen LogP) is 2.85. The largest absolute Gasteiger partial charge is 0.453 e. The minimum Gasteiger partial charge on any atom is -0.453 e. The summed E-state index contributed by atoms with van der Waals surface area (Å²) in [7, 11) is 1.34. The summed E-state index contributed by atoms with van der Waals surface area (Å²) in [6.45, 7) is 14.4. The van der Waals surface area contributed by atoms with E-state index in [2.05, 4.69) is 41.0 Å². The zero-order valence-corrected chi connectivity index (χ0v) is 20.7. The summed E-state index contributed by atoms with van der Waals surface area (Å²) >= 11 is 0. The number of primary amides is 1. The van der Waals surface area contributed by atoms with Gasteiger partial charge in [-0.25, -0.2) is 14.4 Å². The zero-order valence-electron chi connectivity index (χ0n) is 20.7. The molecule has 186 valence electrons. The Morgan fingerprint density at radius 3 is 2.16 bits per heavy atom. The van der Waals surface area contributed by atoms with Crippen LogP contribution in [0, 0.1) is 10.8 Å². The summed E-state index contributed by atoms with van der Waals surface area (Å²) in [5.74, 6) is 0. The van der Waals surface area contributed by atoms with Crippen LogP contribution in [-0.2, 0) is 14.2 Å². The molecule has 0 aliphatic heterocycles. The molecule has 1 aliphatic carbocycles. The molecule has 0 radical (unpaired) electrons. The standard InChI is InChI=1S/C22H42N4O6/c1-20(2,3)26(8-10-31-17(23)27)9-11-32-19(29)25-16-12-21(4,5)14-22(6,13-16)15-24-18(28)30-7/h16H,8-15H2,1-7H3,(H2,23,27)(H,24,28)(H,25,29). The number of rotatable bonds is 9. The highest BCUT2D eigenvalue weighted by Gasteiger charge is 2.42. The number of nitrogens with one attached hydrogen (secondary N) is 2. The van der Waals surface area contributed by atoms with Gasteiger partial charge in [0.05, 0.1) is 7.11 Å². The van der Waals surface area contributed by atoms with E-state index in [4.69, 9.17) is 15.2 Å². The molecule has 0 saturated heterocycles. The number of methoxy groups -OCH3 is 1. The van der Waals surface area contributed by atoms with Gasteiger partial charge in [0.1, 0.15) is 13.2 Å². The maximum absolute atomic E-state index is 12.5. The van der Waals surface area contributed by atoms with Crippen LogP contribution in [0.4, 0.5) is 14.4 Å². The Bertz CT molecular complexity index is 649. The number of amides is 3. The van der Waals surface area contributed by atoms with Crippen LogP contribution in [0.2, 0.25) is 0 Å². The summed E-state index contributed by atoms with van der Waals surface area (Å²) in [5.41, 5.74) is 4.66. The quantitative estimate of drug-likeness (QED) is 0.453. The van der Waals surface area contributed by atoms with Gasteiger partial charge in [-0.05, 0) is 50.9 Å². The zero-order chi connectivity index (χ0) is 24.6. The Kier molecular flexibility index (Phi) is 10.1. The third-order valence-corrected chi connectivity index (χ3v) is 5.76. The normalized spacial score (nSPS) is 22.7. The molecule has 0 heterocycles. The number of hydrogen-bond donors (Lipinski definition) is 3. The first-order chi connectivity index (χ1) is 14.7. The molecule has 0 spiro atoms. The van der Waals surface area contributed by atoms with Crippen molar-refractivity contribution in [3.63, 3.8) is 0 Å². The molecular weight excluding hydrogens is 416 g/mol. The average Bonchev–Trinajstić information content (AvgIpc) is 2.62. The number of carbonyl (C=O) groups excluding carboxylic acids is 3. The van der Waals surface area contributed by atoms with Crippen molar-refractivity contribution in [2.75, 3.05) is 40.0 Å². The molecule has 2 atom stereocenters. The smallest absolute Gasteiger partial charge is 0.407 e. The maximum Gasteiger partial charge on any atom is 0.407 e. The third-order valence-electron chi connectivity index (χ3n) is 5.76. The van der Waals surface area contributed by atoms with E-state index in [-0.39, 0.29) is 35.6 Å². The predicted molar refractivity (Wildman–Crippen MR) is 121 cm³/mol. The van der Waals surface area contributed by atoms with Crippen molar-refractivity contribution in [1.29, 1.82) is 0 Å². The highest BCUT2D eigenvalue weighted by molar-refractivity contribution is 5.68. The molecule has 10 nitrogen and oxygen atoms in total. The fourth-order valence-electron chi connectivity index (χ4n) is 4.72. The van der Waals surface area contributed by atoms with Crippen molar-refractivity contribution >= 4 is 18.3 Å². The van der Waals surface area contributed by atoms with Crippen LogP contribution in [-0.4, -0.2) is 74.7 Å². The summed E-state index contributed by atoms with van der Waals surface area (Å²) in [6.07, 6.45) is 0.758. The number of nitrogens with two attached hydrogens (primary N) is 1. The third kappa shape index (κ3) is 10.4. The van der Waals surface area contributed by atoms with Crippen LogP contribution in [0.5, 0.6) is 0 Å². The van der Waals surface area contributed by atoms with E-state index in [1.165, 1.54) is 7.11 Å². The van der Waals surface area contributed by atoms with Crippen LogP contribution < -0.4 is 16.4 Å². The summed E-state index contributed by atoms with van der Waals surface area (Å²) in [4.78, 5) is 36.8. The Morgan fingerprint density at radius 1 is 1.03 bits per heavy atom. The fourth-order valence-corrected chi connectivity index (χ4v) is 4.72. The van der Waals surface area contributed by atoms with Gasteiger partial charge in [0, 0.05) is 31.2 Å². The van der Waals surface area contributed by atoms with E-state index in [9.17, 15) is 14.4 Å². The molecule has 0 aromatic heterocycles. The van der Waals surface area contributed by atoms with E-state index in [0.717, 1.165) is 19.3 Å². The van der Waals surface area contributed by atoms with Gasteiger partial charge >= 0.3 is 18.3 Å². The van der Waals surface area contributed by atoms with Gasteiger partial charge in [-0.15, -0.1) is 0 Å². The monoisotopic (exact) mass is 458 g/mol. The van der Waals surface area contributed by atoms with Gasteiger partial charge in [0.2, 0.25) is 0 Å². The molecule has 32 heavy (non-hydrogen) atoms. The molecule has 4 N–H and O–H groups in total.